The first-order chi connectivity index (χ1) is 14.6. The summed E-state index contributed by atoms with van der Waals surface area (Å²) < 4.78 is 16.5. The van der Waals surface area contributed by atoms with Gasteiger partial charge in [0.2, 0.25) is 0 Å². The molecule has 0 aliphatic carbocycles. The van der Waals surface area contributed by atoms with Crippen LogP contribution in [0.2, 0.25) is 0 Å². The lowest BCUT2D eigenvalue weighted by atomic mass is 9.80. The minimum atomic E-state index is -0.330. The molecule has 2 aliphatic heterocycles. The number of amides is 1. The van der Waals surface area contributed by atoms with Crippen LogP contribution in [0.1, 0.15) is 34.3 Å². The van der Waals surface area contributed by atoms with E-state index in [0.717, 1.165) is 16.9 Å². The first-order valence-corrected chi connectivity index (χ1v) is 10.3. The number of ketones is 1. The maximum atomic E-state index is 13.2. The molecule has 158 valence electrons. The van der Waals surface area contributed by atoms with Crippen LogP contribution < -0.4 is 4.74 Å². The van der Waals surface area contributed by atoms with Crippen molar-refractivity contribution in [3.8, 4) is 5.75 Å². The van der Waals surface area contributed by atoms with Gasteiger partial charge in [0.05, 0.1) is 32.4 Å². The van der Waals surface area contributed by atoms with Gasteiger partial charge in [-0.1, -0.05) is 30.3 Å². The number of carbonyl (C=O) groups excluding carboxylic acids is 2. The van der Waals surface area contributed by atoms with Crippen LogP contribution in [0.5, 0.6) is 5.75 Å². The van der Waals surface area contributed by atoms with Crippen LogP contribution in [0, 0.1) is 12.8 Å². The molecule has 2 fully saturated rings. The molecule has 6 nitrogen and oxygen atoms in total. The molecule has 0 aromatic heterocycles. The molecule has 2 aromatic rings. The zero-order valence-corrected chi connectivity index (χ0v) is 17.4. The van der Waals surface area contributed by atoms with Crippen molar-refractivity contribution in [1.29, 1.82) is 0 Å². The molecule has 2 aliphatic rings. The Kier molecular flexibility index (Phi) is 6.04. The summed E-state index contributed by atoms with van der Waals surface area (Å²) in [6.07, 6.45) is 0.838. The average molecular weight is 409 g/mol. The van der Waals surface area contributed by atoms with Crippen molar-refractivity contribution >= 4 is 11.9 Å². The third-order valence-electron chi connectivity index (χ3n) is 5.99. The monoisotopic (exact) mass is 409 g/mol. The van der Waals surface area contributed by atoms with Gasteiger partial charge in [0.15, 0.2) is 5.78 Å². The topological polar surface area (TPSA) is 65.1 Å². The van der Waals surface area contributed by atoms with Gasteiger partial charge >= 0.3 is 6.09 Å². The molecular weight excluding hydrogens is 382 g/mol. The Hall–Kier alpha value is -2.86. The zero-order valence-electron chi connectivity index (χ0n) is 17.4. The number of nitrogens with zero attached hydrogens (tertiary/aromatic N) is 1. The SMILES string of the molecule is COc1ccc(C(=O)C2CC3COCC(C2)N3C(=O)OCc2ccccc2)cc1C. The van der Waals surface area contributed by atoms with Crippen molar-refractivity contribution in [3.63, 3.8) is 0 Å². The second-order valence-corrected chi connectivity index (χ2v) is 8.01. The van der Waals surface area contributed by atoms with Gasteiger partial charge in [-0.2, -0.15) is 0 Å². The quantitative estimate of drug-likeness (QED) is 0.699. The molecule has 0 N–H and O–H groups in total. The fraction of sp³-hybridized carbons (Fsp3) is 0.417. The van der Waals surface area contributed by atoms with Crippen molar-refractivity contribution in [1.82, 2.24) is 4.90 Å². The molecule has 2 aromatic carbocycles. The molecule has 0 spiro atoms. The van der Waals surface area contributed by atoms with Crippen LogP contribution in [-0.2, 0) is 16.1 Å². The van der Waals surface area contributed by atoms with Crippen LogP contribution in [-0.4, -0.2) is 49.2 Å². The van der Waals surface area contributed by atoms with Crippen molar-refractivity contribution in [2.45, 2.75) is 38.5 Å². The van der Waals surface area contributed by atoms with Crippen molar-refractivity contribution in [2.75, 3.05) is 20.3 Å². The number of rotatable bonds is 5. The van der Waals surface area contributed by atoms with E-state index in [4.69, 9.17) is 14.2 Å². The van der Waals surface area contributed by atoms with Crippen LogP contribution in [0.25, 0.3) is 0 Å². The molecule has 1 amide bonds. The highest BCUT2D eigenvalue weighted by Gasteiger charge is 2.44. The fourth-order valence-electron chi connectivity index (χ4n) is 4.49. The Balaban J connectivity index is 1.43. The molecule has 0 radical (unpaired) electrons. The summed E-state index contributed by atoms with van der Waals surface area (Å²) in [5.41, 5.74) is 2.58. The number of ether oxygens (including phenoxy) is 3. The van der Waals surface area contributed by atoms with Gasteiger partial charge in [-0.15, -0.1) is 0 Å². The molecule has 2 bridgehead atoms. The van der Waals surface area contributed by atoms with E-state index in [1.807, 2.05) is 55.5 Å². The molecule has 4 rings (SSSR count). The predicted octanol–water partition coefficient (Wildman–Crippen LogP) is 4.00. The Morgan fingerprint density at radius 1 is 1.07 bits per heavy atom. The van der Waals surface area contributed by atoms with Gasteiger partial charge in [0.25, 0.3) is 0 Å². The summed E-state index contributed by atoms with van der Waals surface area (Å²) in [5.74, 6) is 0.762. The number of aryl methyl sites for hydroxylation is 1. The maximum Gasteiger partial charge on any atom is 0.410 e. The van der Waals surface area contributed by atoms with E-state index in [9.17, 15) is 9.59 Å². The smallest absolute Gasteiger partial charge is 0.410 e. The van der Waals surface area contributed by atoms with E-state index in [1.165, 1.54) is 0 Å². The van der Waals surface area contributed by atoms with Crippen LogP contribution in [0.15, 0.2) is 48.5 Å². The third-order valence-corrected chi connectivity index (χ3v) is 5.99. The largest absolute Gasteiger partial charge is 0.496 e. The van der Waals surface area contributed by atoms with Gasteiger partial charge in [0, 0.05) is 11.5 Å². The highest BCUT2D eigenvalue weighted by atomic mass is 16.6. The lowest BCUT2D eigenvalue weighted by molar-refractivity contribution is -0.0755. The number of fused-ring (bicyclic) bond motifs is 2. The van der Waals surface area contributed by atoms with Gasteiger partial charge in [-0.25, -0.2) is 4.79 Å². The summed E-state index contributed by atoms with van der Waals surface area (Å²) in [6, 6.07) is 14.9. The number of carbonyl (C=O) groups is 2. The molecule has 2 saturated heterocycles. The van der Waals surface area contributed by atoms with E-state index in [-0.39, 0.29) is 36.5 Å². The molecule has 30 heavy (non-hydrogen) atoms. The molecular formula is C24H27NO5. The second-order valence-electron chi connectivity index (χ2n) is 8.01. The van der Waals surface area contributed by atoms with E-state index in [2.05, 4.69) is 0 Å². The normalized spacial score (nSPS) is 23.0. The number of morpholine rings is 1. The van der Waals surface area contributed by atoms with Crippen molar-refractivity contribution < 1.29 is 23.8 Å². The fourth-order valence-corrected chi connectivity index (χ4v) is 4.49. The van der Waals surface area contributed by atoms with Gasteiger partial charge in [0.1, 0.15) is 12.4 Å². The summed E-state index contributed by atoms with van der Waals surface area (Å²) in [5, 5.41) is 0. The van der Waals surface area contributed by atoms with E-state index in [0.29, 0.717) is 31.6 Å². The number of hydrogen-bond acceptors (Lipinski definition) is 5. The first-order valence-electron chi connectivity index (χ1n) is 10.3. The molecule has 2 unspecified atom stereocenters. The van der Waals surface area contributed by atoms with Gasteiger partial charge in [-0.05, 0) is 49.1 Å². The maximum absolute atomic E-state index is 13.2. The lowest BCUT2D eigenvalue weighted by Gasteiger charge is -2.47. The van der Waals surface area contributed by atoms with Crippen LogP contribution in [0.4, 0.5) is 4.79 Å². The van der Waals surface area contributed by atoms with Crippen LogP contribution in [0.3, 0.4) is 0 Å². The highest BCUT2D eigenvalue weighted by Crippen LogP contribution is 2.34. The highest BCUT2D eigenvalue weighted by molar-refractivity contribution is 5.98. The standard InChI is InChI=1S/C24H27NO5/c1-16-10-18(8-9-22(16)28-2)23(26)19-11-20-14-29-15-21(12-19)25(20)24(27)30-13-17-6-4-3-5-7-17/h3-10,19-21H,11-15H2,1-2H3. The number of benzene rings is 2. The molecule has 0 saturated carbocycles. The van der Waals surface area contributed by atoms with Crippen LogP contribution >= 0.6 is 0 Å². The predicted molar refractivity (Wildman–Crippen MR) is 112 cm³/mol. The summed E-state index contributed by atoms with van der Waals surface area (Å²) in [7, 11) is 1.62. The van der Waals surface area contributed by atoms with E-state index < -0.39 is 0 Å². The minimum absolute atomic E-state index is 0.120. The second kappa shape index (κ2) is 8.88. The lowest BCUT2D eigenvalue weighted by Crippen LogP contribution is -2.59. The van der Waals surface area contributed by atoms with Crippen molar-refractivity contribution in [3.05, 3.63) is 65.2 Å². The van der Waals surface area contributed by atoms with E-state index >= 15 is 0 Å². The number of Topliss-reactive ketones (excluding diaryl/α,β-unsaturated/α-hetero) is 1. The van der Waals surface area contributed by atoms with Gasteiger partial charge in [-0.3, -0.25) is 9.69 Å². The summed E-state index contributed by atoms with van der Waals surface area (Å²) >= 11 is 0. The van der Waals surface area contributed by atoms with Gasteiger partial charge < -0.3 is 14.2 Å². The average Bonchev–Trinajstić information content (AvgIpc) is 2.76. The zero-order chi connectivity index (χ0) is 21.1. The molecule has 6 heteroatoms. The first kappa shape index (κ1) is 20.4. The minimum Gasteiger partial charge on any atom is -0.496 e. The molecule has 2 heterocycles. The Bertz CT molecular complexity index is 899. The Morgan fingerprint density at radius 3 is 2.40 bits per heavy atom. The summed E-state index contributed by atoms with van der Waals surface area (Å²) in [6.45, 7) is 3.04. The summed E-state index contributed by atoms with van der Waals surface area (Å²) in [4.78, 5) is 27.7. The number of piperidine rings is 1. The Labute approximate surface area is 176 Å². The Morgan fingerprint density at radius 2 is 1.77 bits per heavy atom. The number of methoxy groups -OCH3 is 1. The molecule has 2 atom stereocenters. The van der Waals surface area contributed by atoms with E-state index in [1.54, 1.807) is 12.0 Å². The van der Waals surface area contributed by atoms with Crippen molar-refractivity contribution in [2.24, 2.45) is 5.92 Å². The number of hydrogen-bond donors (Lipinski definition) is 0. The third kappa shape index (κ3) is 4.19.